The summed E-state index contributed by atoms with van der Waals surface area (Å²) < 4.78 is 0. The number of carbonyl (C=O) groups excluding carboxylic acids is 9. The molecule has 0 bridgehead atoms. The second-order valence-electron chi connectivity index (χ2n) is 15.6. The van der Waals surface area contributed by atoms with Crippen molar-refractivity contribution in [3.8, 4) is 0 Å². The van der Waals surface area contributed by atoms with Gasteiger partial charge in [-0.2, -0.15) is 0 Å². The third kappa shape index (κ3) is 19.3. The first-order chi connectivity index (χ1) is 27.6. The van der Waals surface area contributed by atoms with Crippen molar-refractivity contribution in [2.75, 3.05) is 19.6 Å². The summed E-state index contributed by atoms with van der Waals surface area (Å²) in [5, 5.41) is 24.4. The van der Waals surface area contributed by atoms with Gasteiger partial charge in [0.2, 0.25) is 53.2 Å². The zero-order valence-corrected chi connectivity index (χ0v) is 34.7. The van der Waals surface area contributed by atoms with Crippen LogP contribution in [0.25, 0.3) is 0 Å². The van der Waals surface area contributed by atoms with Gasteiger partial charge in [-0.05, 0) is 76.7 Å². The monoisotopic (exact) mass is 839 g/mol. The van der Waals surface area contributed by atoms with E-state index in [-0.39, 0.29) is 57.0 Å². The van der Waals surface area contributed by atoms with Gasteiger partial charge in [0.25, 0.3) is 0 Å². The standard InChI is InChI=1S/C37H65N11O11/c1-19(2)15-24(46-31(52)21(5)39)34(55)47-25(17-29(41)50)35(56)45-23(11-12-28(40)49)33(54)44-22(9-6-7-13-38)32(53)42-18-30(51)43-26(16-20(3)4)36(57)48-14-8-10-27(48)37(58)59/h19-27H,6-18,38-39H2,1-5H3,(H2,40,49)(H2,41,50)(H,42,53)(H,43,51)(H,44,54)(H,45,56)(H,46,52)(H,47,55)(H,58,59)/t21-,22-,23-,24-,25-,26-,27-/m0/s1. The van der Waals surface area contributed by atoms with Gasteiger partial charge in [0, 0.05) is 13.0 Å². The van der Waals surface area contributed by atoms with E-state index in [2.05, 4.69) is 31.9 Å². The molecule has 334 valence electrons. The smallest absolute Gasteiger partial charge is 0.326 e. The summed E-state index contributed by atoms with van der Waals surface area (Å²) in [6.45, 7) is 8.48. The number of likely N-dealkylation sites (tertiary alicyclic amines) is 1. The summed E-state index contributed by atoms with van der Waals surface area (Å²) in [6, 6.07) is -8.67. The Labute approximate surface area is 344 Å². The normalized spacial score (nSPS) is 16.8. The third-order valence-corrected chi connectivity index (χ3v) is 9.27. The van der Waals surface area contributed by atoms with Crippen LogP contribution >= 0.6 is 0 Å². The van der Waals surface area contributed by atoms with Gasteiger partial charge in [-0.25, -0.2) is 4.79 Å². The van der Waals surface area contributed by atoms with Crippen LogP contribution in [-0.2, 0) is 47.9 Å². The number of nitrogens with one attached hydrogen (secondary N) is 6. The van der Waals surface area contributed by atoms with Crippen LogP contribution in [0.4, 0.5) is 0 Å². The number of hydrogen-bond donors (Lipinski definition) is 11. The molecule has 7 atom stereocenters. The molecule has 0 aliphatic carbocycles. The molecule has 22 nitrogen and oxygen atoms in total. The van der Waals surface area contributed by atoms with Crippen LogP contribution in [-0.4, -0.2) is 131 Å². The number of nitrogens with zero attached hydrogens (tertiary/aromatic N) is 1. The van der Waals surface area contributed by atoms with Gasteiger partial charge in [-0.3, -0.25) is 43.2 Å². The Bertz CT molecular complexity index is 1510. The largest absolute Gasteiger partial charge is 0.480 e. The Hall–Kier alpha value is -5.38. The summed E-state index contributed by atoms with van der Waals surface area (Å²) in [6.07, 6.45) is 0.434. The minimum absolute atomic E-state index is 0.0254. The number of hydrogen-bond acceptors (Lipinski definition) is 12. The average Bonchev–Trinajstić information content (AvgIpc) is 3.64. The number of unbranched alkanes of at least 4 members (excludes halogenated alkanes) is 1. The molecule has 1 rings (SSSR count). The number of carboxylic acids is 1. The van der Waals surface area contributed by atoms with E-state index < -0.39 is 121 Å². The fraction of sp³-hybridized carbons (Fsp3) is 0.730. The predicted molar refractivity (Wildman–Crippen MR) is 213 cm³/mol. The number of carbonyl (C=O) groups is 10. The first-order valence-corrected chi connectivity index (χ1v) is 19.9. The molecule has 9 amide bonds. The van der Waals surface area contributed by atoms with Gasteiger partial charge in [-0.1, -0.05) is 27.7 Å². The minimum atomic E-state index is -1.64. The molecule has 0 spiro atoms. The van der Waals surface area contributed by atoms with Crippen molar-refractivity contribution in [1.82, 2.24) is 36.8 Å². The molecule has 0 aromatic rings. The van der Waals surface area contributed by atoms with Crippen LogP contribution < -0.4 is 54.8 Å². The predicted octanol–water partition coefficient (Wildman–Crippen LogP) is -3.69. The van der Waals surface area contributed by atoms with E-state index in [1.165, 1.54) is 11.8 Å². The molecular weight excluding hydrogens is 774 g/mol. The Morgan fingerprint density at radius 2 is 1.19 bits per heavy atom. The van der Waals surface area contributed by atoms with Crippen molar-refractivity contribution in [2.24, 2.45) is 34.8 Å². The molecule has 0 unspecified atom stereocenters. The van der Waals surface area contributed by atoms with Crippen molar-refractivity contribution in [2.45, 2.75) is 141 Å². The van der Waals surface area contributed by atoms with E-state index in [1.54, 1.807) is 13.8 Å². The van der Waals surface area contributed by atoms with E-state index in [4.69, 9.17) is 22.9 Å². The highest BCUT2D eigenvalue weighted by atomic mass is 16.4. The number of amides is 9. The topological polar surface area (TPSA) is 370 Å². The lowest BCUT2D eigenvalue weighted by Gasteiger charge is -2.28. The fourth-order valence-electron chi connectivity index (χ4n) is 6.27. The highest BCUT2D eigenvalue weighted by Crippen LogP contribution is 2.20. The quantitative estimate of drug-likeness (QED) is 0.0356. The third-order valence-electron chi connectivity index (χ3n) is 9.27. The van der Waals surface area contributed by atoms with Crippen molar-refractivity contribution >= 4 is 59.1 Å². The van der Waals surface area contributed by atoms with Crippen molar-refractivity contribution in [3.05, 3.63) is 0 Å². The van der Waals surface area contributed by atoms with Crippen molar-refractivity contribution in [1.29, 1.82) is 0 Å². The molecule has 0 aromatic carbocycles. The lowest BCUT2D eigenvalue weighted by atomic mass is 10.0. The molecule has 59 heavy (non-hydrogen) atoms. The number of primary amides is 2. The molecule has 15 N–H and O–H groups in total. The van der Waals surface area contributed by atoms with Crippen LogP contribution in [0.3, 0.4) is 0 Å². The maximum atomic E-state index is 13.7. The minimum Gasteiger partial charge on any atom is -0.480 e. The molecule has 1 aliphatic rings. The first-order valence-electron chi connectivity index (χ1n) is 19.9. The summed E-state index contributed by atoms with van der Waals surface area (Å²) >= 11 is 0. The van der Waals surface area contributed by atoms with Gasteiger partial charge in [0.05, 0.1) is 19.0 Å². The highest BCUT2D eigenvalue weighted by molar-refractivity contribution is 5.98. The number of aliphatic carboxylic acids is 1. The second kappa shape index (κ2) is 25.9. The van der Waals surface area contributed by atoms with Crippen molar-refractivity contribution < 1.29 is 53.1 Å². The van der Waals surface area contributed by atoms with E-state index >= 15 is 0 Å². The zero-order valence-electron chi connectivity index (χ0n) is 34.7. The Kier molecular flexibility index (Phi) is 22.6. The van der Waals surface area contributed by atoms with E-state index in [0.29, 0.717) is 19.3 Å². The van der Waals surface area contributed by atoms with Gasteiger partial charge in [-0.15, -0.1) is 0 Å². The zero-order chi connectivity index (χ0) is 45.0. The van der Waals surface area contributed by atoms with E-state index in [1.807, 2.05) is 13.8 Å². The Morgan fingerprint density at radius 3 is 1.71 bits per heavy atom. The Morgan fingerprint density at radius 1 is 0.661 bits per heavy atom. The number of nitrogens with two attached hydrogens (primary N) is 4. The van der Waals surface area contributed by atoms with Gasteiger partial charge >= 0.3 is 5.97 Å². The fourth-order valence-corrected chi connectivity index (χ4v) is 6.27. The van der Waals surface area contributed by atoms with Crippen LogP contribution in [0, 0.1) is 11.8 Å². The molecular formula is C37H65N11O11. The molecule has 1 aliphatic heterocycles. The summed E-state index contributed by atoms with van der Waals surface area (Å²) in [5.41, 5.74) is 22.0. The molecule has 0 radical (unpaired) electrons. The molecule has 1 fully saturated rings. The van der Waals surface area contributed by atoms with E-state index in [0.717, 1.165) is 0 Å². The maximum absolute atomic E-state index is 13.7. The molecule has 1 saturated heterocycles. The molecule has 1 heterocycles. The van der Waals surface area contributed by atoms with Crippen LogP contribution in [0.2, 0.25) is 0 Å². The highest BCUT2D eigenvalue weighted by Gasteiger charge is 2.38. The van der Waals surface area contributed by atoms with Crippen LogP contribution in [0.15, 0.2) is 0 Å². The summed E-state index contributed by atoms with van der Waals surface area (Å²) in [5.74, 6) is -8.76. The lowest BCUT2D eigenvalue weighted by molar-refractivity contribution is -0.149. The van der Waals surface area contributed by atoms with E-state index in [9.17, 15) is 53.1 Å². The van der Waals surface area contributed by atoms with Gasteiger partial charge in [0.1, 0.15) is 36.3 Å². The Balaban J connectivity index is 3.22. The SMILES string of the molecule is CC(C)C[C@H](NC(=O)[C@H](C)N)C(=O)N[C@@H](CC(N)=O)C(=O)N[C@@H](CCC(N)=O)C(=O)N[C@@H](CCCCN)C(=O)NCC(=O)N[C@@H](CC(C)C)C(=O)N1CCC[C@H]1C(=O)O. The lowest BCUT2D eigenvalue weighted by Crippen LogP contribution is -2.59. The number of carboxylic acid groups (broad SMARTS) is 1. The summed E-state index contributed by atoms with van der Waals surface area (Å²) in [4.78, 5) is 129. The van der Waals surface area contributed by atoms with Crippen molar-refractivity contribution in [3.63, 3.8) is 0 Å². The second-order valence-corrected chi connectivity index (χ2v) is 15.6. The van der Waals surface area contributed by atoms with Crippen LogP contribution in [0.1, 0.15) is 98.8 Å². The molecule has 0 saturated carbocycles. The average molecular weight is 840 g/mol. The number of rotatable bonds is 27. The maximum Gasteiger partial charge on any atom is 0.326 e. The van der Waals surface area contributed by atoms with Crippen LogP contribution in [0.5, 0.6) is 0 Å². The molecule has 0 aromatic heterocycles. The van der Waals surface area contributed by atoms with Gasteiger partial charge < -0.3 is 64.8 Å². The first kappa shape index (κ1) is 51.6. The molecule has 22 heteroatoms. The summed E-state index contributed by atoms with van der Waals surface area (Å²) in [7, 11) is 0. The van der Waals surface area contributed by atoms with Gasteiger partial charge in [0.15, 0.2) is 0 Å².